The number of carbonyl (C=O) groups is 1. The molecule has 2 rings (SSSR count). The zero-order valence-corrected chi connectivity index (χ0v) is 14.3. The molecule has 0 aliphatic rings. The number of amides is 1. The van der Waals surface area contributed by atoms with Crippen LogP contribution in [0.15, 0.2) is 42.0 Å². The maximum atomic E-state index is 12.3. The van der Waals surface area contributed by atoms with Gasteiger partial charge in [-0.2, -0.15) is 5.26 Å². The minimum atomic E-state index is -0.573. The number of halogens is 1. The molecule has 0 aliphatic heterocycles. The Morgan fingerprint density at radius 3 is 2.48 bits per heavy atom. The van der Waals surface area contributed by atoms with Gasteiger partial charge in [-0.15, -0.1) is 0 Å². The van der Waals surface area contributed by atoms with Crippen molar-refractivity contribution >= 4 is 29.3 Å². The van der Waals surface area contributed by atoms with Gasteiger partial charge in [0.05, 0.1) is 19.2 Å². The van der Waals surface area contributed by atoms with Crippen LogP contribution < -0.4 is 14.8 Å². The summed E-state index contributed by atoms with van der Waals surface area (Å²) in [6.45, 7) is 0. The molecule has 0 fully saturated rings. The Morgan fingerprint density at radius 1 is 1.24 bits per heavy atom. The zero-order valence-electron chi connectivity index (χ0n) is 13.5. The maximum Gasteiger partial charge on any atom is 0.266 e. The predicted octanol–water partition coefficient (Wildman–Crippen LogP) is 3.61. The molecule has 0 bridgehead atoms. The molecule has 0 spiro atoms. The Kier molecular flexibility index (Phi) is 5.88. The van der Waals surface area contributed by atoms with E-state index in [4.69, 9.17) is 21.1 Å². The summed E-state index contributed by atoms with van der Waals surface area (Å²) in [5.41, 5.74) is 0.842. The number of aromatic hydroxyl groups is 1. The molecule has 2 aromatic rings. The number of nitrogens with zero attached hydrogens (tertiary/aromatic N) is 1. The normalized spacial score (nSPS) is 10.7. The van der Waals surface area contributed by atoms with E-state index in [-0.39, 0.29) is 22.1 Å². The van der Waals surface area contributed by atoms with Crippen LogP contribution in [-0.4, -0.2) is 25.2 Å². The minimum absolute atomic E-state index is 0.0541. The molecular formula is C18H15ClN2O4. The summed E-state index contributed by atoms with van der Waals surface area (Å²) in [5, 5.41) is 21.7. The van der Waals surface area contributed by atoms with Crippen LogP contribution in [0.2, 0.25) is 5.02 Å². The van der Waals surface area contributed by atoms with E-state index in [0.717, 1.165) is 0 Å². The second-order valence-corrected chi connectivity index (χ2v) is 5.31. The van der Waals surface area contributed by atoms with Gasteiger partial charge < -0.3 is 19.9 Å². The molecule has 0 heterocycles. The molecule has 128 valence electrons. The first kappa shape index (κ1) is 18.2. The molecule has 2 N–H and O–H groups in total. The lowest BCUT2D eigenvalue weighted by molar-refractivity contribution is -0.112. The van der Waals surface area contributed by atoms with Crippen molar-refractivity contribution in [3.63, 3.8) is 0 Å². The molecule has 0 saturated carbocycles. The molecule has 0 radical (unpaired) electrons. The molecule has 0 unspecified atom stereocenters. The number of phenolic OH excluding ortho intramolecular Hbond substituents is 1. The second-order valence-electron chi connectivity index (χ2n) is 4.91. The number of anilines is 1. The lowest BCUT2D eigenvalue weighted by Gasteiger charge is -2.08. The van der Waals surface area contributed by atoms with Crippen molar-refractivity contribution in [3.8, 4) is 23.3 Å². The molecule has 25 heavy (non-hydrogen) atoms. The van der Waals surface area contributed by atoms with Crippen LogP contribution in [0, 0.1) is 11.3 Å². The Balaban J connectivity index is 2.26. The van der Waals surface area contributed by atoms with Crippen LogP contribution in [0.1, 0.15) is 5.56 Å². The van der Waals surface area contributed by atoms with Crippen LogP contribution in [0.5, 0.6) is 17.2 Å². The van der Waals surface area contributed by atoms with Gasteiger partial charge in [-0.1, -0.05) is 11.6 Å². The molecule has 0 aliphatic carbocycles. The van der Waals surface area contributed by atoms with Gasteiger partial charge in [0, 0.05) is 5.69 Å². The number of nitrogens with one attached hydrogen (secondary N) is 1. The van der Waals surface area contributed by atoms with Crippen LogP contribution in [0.4, 0.5) is 5.69 Å². The van der Waals surface area contributed by atoms with E-state index in [1.807, 2.05) is 6.07 Å². The summed E-state index contributed by atoms with van der Waals surface area (Å²) in [4.78, 5) is 12.3. The number of nitriles is 1. The first-order valence-corrected chi connectivity index (χ1v) is 7.50. The van der Waals surface area contributed by atoms with Crippen molar-refractivity contribution in [2.24, 2.45) is 0 Å². The minimum Gasteiger partial charge on any atom is -0.503 e. The molecule has 2 aromatic carbocycles. The van der Waals surface area contributed by atoms with Gasteiger partial charge in [-0.25, -0.2) is 0 Å². The quantitative estimate of drug-likeness (QED) is 0.629. The lowest BCUT2D eigenvalue weighted by Crippen LogP contribution is -2.13. The highest BCUT2D eigenvalue weighted by Gasteiger charge is 2.12. The molecule has 7 heteroatoms. The van der Waals surface area contributed by atoms with E-state index in [1.165, 1.54) is 25.3 Å². The Bertz CT molecular complexity index is 855. The number of ether oxygens (including phenoxy) is 2. The number of carbonyl (C=O) groups excluding carboxylic acids is 1. The van der Waals surface area contributed by atoms with Crippen LogP contribution >= 0.6 is 11.6 Å². The summed E-state index contributed by atoms with van der Waals surface area (Å²) in [7, 11) is 2.92. The fraction of sp³-hybridized carbons (Fsp3) is 0.111. The van der Waals surface area contributed by atoms with Crippen molar-refractivity contribution in [3.05, 3.63) is 52.6 Å². The van der Waals surface area contributed by atoms with Crippen LogP contribution in [0.3, 0.4) is 0 Å². The average Bonchev–Trinajstić information content (AvgIpc) is 2.62. The first-order valence-electron chi connectivity index (χ1n) is 7.12. The van der Waals surface area contributed by atoms with Crippen molar-refractivity contribution in [1.82, 2.24) is 0 Å². The van der Waals surface area contributed by atoms with Crippen molar-refractivity contribution in [2.45, 2.75) is 0 Å². The summed E-state index contributed by atoms with van der Waals surface area (Å²) >= 11 is 5.91. The molecular weight excluding hydrogens is 344 g/mol. The van der Waals surface area contributed by atoms with Crippen molar-refractivity contribution in [2.75, 3.05) is 19.5 Å². The van der Waals surface area contributed by atoms with E-state index >= 15 is 0 Å². The topological polar surface area (TPSA) is 91.6 Å². The van der Waals surface area contributed by atoms with Gasteiger partial charge in [0.25, 0.3) is 5.91 Å². The SMILES string of the molecule is COc1ccc(NC(=O)/C(C#N)=C\c2cc(Cl)c(O)c(OC)c2)cc1. The smallest absolute Gasteiger partial charge is 0.266 e. The van der Waals surface area contributed by atoms with Gasteiger partial charge in [0.2, 0.25) is 0 Å². The third kappa shape index (κ3) is 4.43. The molecule has 0 aromatic heterocycles. The van der Waals surface area contributed by atoms with E-state index in [2.05, 4.69) is 5.32 Å². The highest BCUT2D eigenvalue weighted by atomic mass is 35.5. The molecule has 0 saturated heterocycles. The third-order valence-electron chi connectivity index (χ3n) is 3.29. The van der Waals surface area contributed by atoms with E-state index < -0.39 is 5.91 Å². The standard InChI is InChI=1S/C18H15ClN2O4/c1-24-14-5-3-13(4-6-14)21-18(23)12(10-20)7-11-8-15(19)17(22)16(9-11)25-2/h3-9,22H,1-2H3,(H,21,23)/b12-7-. The van der Waals surface area contributed by atoms with Gasteiger partial charge in [-0.05, 0) is 48.0 Å². The number of hydrogen-bond acceptors (Lipinski definition) is 5. The van der Waals surface area contributed by atoms with Gasteiger partial charge in [0.1, 0.15) is 17.4 Å². The number of phenols is 1. The van der Waals surface area contributed by atoms with Crippen LogP contribution in [0.25, 0.3) is 6.08 Å². The fourth-order valence-corrected chi connectivity index (χ4v) is 2.24. The zero-order chi connectivity index (χ0) is 18.4. The highest BCUT2D eigenvalue weighted by molar-refractivity contribution is 6.32. The van der Waals surface area contributed by atoms with E-state index in [9.17, 15) is 15.2 Å². The van der Waals surface area contributed by atoms with Gasteiger partial charge >= 0.3 is 0 Å². The summed E-state index contributed by atoms with van der Waals surface area (Å²) in [6, 6.07) is 11.4. The van der Waals surface area contributed by atoms with Crippen molar-refractivity contribution < 1.29 is 19.4 Å². The van der Waals surface area contributed by atoms with Gasteiger partial charge in [0.15, 0.2) is 11.5 Å². The summed E-state index contributed by atoms with van der Waals surface area (Å²) in [5.74, 6) is 0.0184. The molecule has 1 amide bonds. The number of rotatable bonds is 5. The number of methoxy groups -OCH3 is 2. The Hall–Kier alpha value is -3.17. The Morgan fingerprint density at radius 2 is 1.92 bits per heavy atom. The Labute approximate surface area is 149 Å². The summed E-state index contributed by atoms with van der Waals surface area (Å²) in [6.07, 6.45) is 1.35. The number of hydrogen-bond donors (Lipinski definition) is 2. The van der Waals surface area contributed by atoms with Gasteiger partial charge in [-0.3, -0.25) is 4.79 Å². The first-order chi connectivity index (χ1) is 12.0. The fourth-order valence-electron chi connectivity index (χ4n) is 2.02. The van der Waals surface area contributed by atoms with Crippen LogP contribution in [-0.2, 0) is 4.79 Å². The van der Waals surface area contributed by atoms with E-state index in [1.54, 1.807) is 31.4 Å². The average molecular weight is 359 g/mol. The van der Waals surface area contributed by atoms with E-state index in [0.29, 0.717) is 17.0 Å². The van der Waals surface area contributed by atoms with Crippen molar-refractivity contribution in [1.29, 1.82) is 5.26 Å². The molecule has 0 atom stereocenters. The molecule has 6 nitrogen and oxygen atoms in total. The maximum absolute atomic E-state index is 12.3. The second kappa shape index (κ2) is 8.08. The largest absolute Gasteiger partial charge is 0.503 e. The third-order valence-corrected chi connectivity index (χ3v) is 3.58. The monoisotopic (exact) mass is 358 g/mol. The predicted molar refractivity (Wildman–Crippen MR) is 94.9 cm³/mol. The lowest BCUT2D eigenvalue weighted by atomic mass is 10.1. The highest BCUT2D eigenvalue weighted by Crippen LogP contribution is 2.35. The summed E-state index contributed by atoms with van der Waals surface area (Å²) < 4.78 is 10.0. The number of benzene rings is 2.